The van der Waals surface area contributed by atoms with Crippen molar-refractivity contribution in [1.82, 2.24) is 4.90 Å². The van der Waals surface area contributed by atoms with Gasteiger partial charge < -0.3 is 14.2 Å². The van der Waals surface area contributed by atoms with Gasteiger partial charge in [-0.15, -0.1) is 0 Å². The number of anilines is 1. The van der Waals surface area contributed by atoms with Crippen LogP contribution in [-0.2, 0) is 9.47 Å². The molecule has 0 aliphatic carbocycles. The highest BCUT2D eigenvalue weighted by atomic mass is 35.6. The Morgan fingerprint density at radius 3 is 2.54 bits per heavy atom. The van der Waals surface area contributed by atoms with Crippen molar-refractivity contribution in [3.63, 3.8) is 0 Å². The third kappa shape index (κ3) is 6.29. The Balaban J connectivity index is 1.65. The Hall–Kier alpha value is -1.44. The van der Waals surface area contributed by atoms with Crippen LogP contribution in [0.4, 0.5) is 10.5 Å². The van der Waals surface area contributed by atoms with Crippen LogP contribution >= 0.6 is 34.8 Å². The van der Waals surface area contributed by atoms with Crippen molar-refractivity contribution in [3.8, 4) is 5.75 Å². The smallest absolute Gasteiger partial charge is 0.411 e. The number of halogens is 3. The monoisotopic (exact) mass is 446 g/mol. The number of hydrogen-bond donors (Lipinski definition) is 1. The molecule has 1 N–H and O–H groups in total. The molecule has 1 aliphatic rings. The number of morpholine rings is 1. The maximum absolute atomic E-state index is 12.0. The molecule has 1 saturated heterocycles. The first-order valence-corrected chi connectivity index (χ1v) is 10.0. The van der Waals surface area contributed by atoms with Gasteiger partial charge in [0.25, 0.3) is 0 Å². The van der Waals surface area contributed by atoms with E-state index in [1.807, 2.05) is 30.3 Å². The van der Waals surface area contributed by atoms with E-state index in [2.05, 4.69) is 10.2 Å². The Bertz CT molecular complexity index is 807. The van der Waals surface area contributed by atoms with E-state index in [0.717, 1.165) is 49.4 Å². The first-order chi connectivity index (χ1) is 13.4. The summed E-state index contributed by atoms with van der Waals surface area (Å²) in [6.07, 6.45) is -0.697. The van der Waals surface area contributed by atoms with Crippen molar-refractivity contribution < 1.29 is 19.0 Å². The second-order valence-corrected chi connectivity index (χ2v) is 8.79. The summed E-state index contributed by atoms with van der Waals surface area (Å²) in [5.41, 5.74) is 0.588. The third-order valence-corrected chi connectivity index (χ3v) is 4.58. The molecule has 2 aromatic rings. The third-order valence-electron chi connectivity index (χ3n) is 4.26. The fourth-order valence-corrected chi connectivity index (χ4v) is 3.07. The van der Waals surface area contributed by atoms with Crippen LogP contribution < -0.4 is 10.1 Å². The van der Waals surface area contributed by atoms with Gasteiger partial charge in [0.1, 0.15) is 19.0 Å². The lowest BCUT2D eigenvalue weighted by molar-refractivity contribution is 0.0323. The van der Waals surface area contributed by atoms with Crippen LogP contribution in [0.5, 0.6) is 5.75 Å². The van der Waals surface area contributed by atoms with Crippen LogP contribution in [0.15, 0.2) is 36.4 Å². The quantitative estimate of drug-likeness (QED) is 0.662. The Kier molecular flexibility index (Phi) is 7.48. The molecule has 6 nitrogen and oxygen atoms in total. The molecule has 152 valence electrons. The van der Waals surface area contributed by atoms with E-state index in [0.29, 0.717) is 12.3 Å². The fourth-order valence-electron chi connectivity index (χ4n) is 2.91. The number of carbonyl (C=O) groups excluding carboxylic acids is 1. The van der Waals surface area contributed by atoms with Gasteiger partial charge >= 0.3 is 6.09 Å². The van der Waals surface area contributed by atoms with E-state index < -0.39 is 9.89 Å². The Labute approximate surface area is 178 Å². The van der Waals surface area contributed by atoms with Crippen LogP contribution in [0.2, 0.25) is 0 Å². The number of fused-ring (bicyclic) bond motifs is 1. The highest BCUT2D eigenvalue weighted by Crippen LogP contribution is 2.32. The summed E-state index contributed by atoms with van der Waals surface area (Å²) >= 11 is 16.8. The first-order valence-electron chi connectivity index (χ1n) is 8.87. The minimum absolute atomic E-state index is 0.343. The number of nitrogens with zero attached hydrogens (tertiary/aromatic N) is 1. The molecule has 0 spiro atoms. The van der Waals surface area contributed by atoms with Crippen molar-refractivity contribution in [2.24, 2.45) is 0 Å². The molecule has 0 bridgehead atoms. The number of amides is 1. The molecule has 1 aliphatic heterocycles. The molecular formula is C19H21Cl3N2O4. The minimum Gasteiger partial charge on any atom is -0.492 e. The molecule has 0 atom stereocenters. The molecule has 9 heteroatoms. The SMILES string of the molecule is O=C(Nc1ccc(OCCN2CCOCC2)c2ccccc12)OCC(Cl)(Cl)Cl. The summed E-state index contributed by atoms with van der Waals surface area (Å²) in [4.78, 5) is 14.3. The zero-order valence-electron chi connectivity index (χ0n) is 15.1. The summed E-state index contributed by atoms with van der Waals surface area (Å²) in [7, 11) is 0. The van der Waals surface area contributed by atoms with Gasteiger partial charge in [-0.2, -0.15) is 0 Å². The number of benzene rings is 2. The highest BCUT2D eigenvalue weighted by molar-refractivity contribution is 6.67. The van der Waals surface area contributed by atoms with E-state index in [-0.39, 0.29) is 6.61 Å². The molecule has 2 aromatic carbocycles. The number of hydrogen-bond acceptors (Lipinski definition) is 5. The van der Waals surface area contributed by atoms with Gasteiger partial charge in [0, 0.05) is 30.4 Å². The molecule has 1 fully saturated rings. The van der Waals surface area contributed by atoms with Crippen LogP contribution in [0.3, 0.4) is 0 Å². The lowest BCUT2D eigenvalue weighted by Crippen LogP contribution is -2.38. The van der Waals surface area contributed by atoms with E-state index in [1.165, 1.54) is 0 Å². The number of nitrogens with one attached hydrogen (secondary N) is 1. The molecule has 1 heterocycles. The number of ether oxygens (including phenoxy) is 3. The predicted octanol–water partition coefficient (Wildman–Crippen LogP) is 4.47. The largest absolute Gasteiger partial charge is 0.492 e. The minimum atomic E-state index is -1.66. The molecule has 1 amide bonds. The van der Waals surface area contributed by atoms with Crippen LogP contribution in [0.1, 0.15) is 0 Å². The molecule has 0 aromatic heterocycles. The van der Waals surface area contributed by atoms with Crippen LogP contribution in [0.25, 0.3) is 10.8 Å². The topological polar surface area (TPSA) is 60.0 Å². The maximum atomic E-state index is 12.0. The molecule has 0 saturated carbocycles. The van der Waals surface area contributed by atoms with Gasteiger partial charge in [0.2, 0.25) is 3.79 Å². The highest BCUT2D eigenvalue weighted by Gasteiger charge is 2.22. The fraction of sp³-hybridized carbons (Fsp3) is 0.421. The lowest BCUT2D eigenvalue weighted by Gasteiger charge is -2.26. The summed E-state index contributed by atoms with van der Waals surface area (Å²) in [6.45, 7) is 4.43. The summed E-state index contributed by atoms with van der Waals surface area (Å²) in [6, 6.07) is 11.2. The van der Waals surface area contributed by atoms with E-state index in [9.17, 15) is 4.79 Å². The zero-order valence-corrected chi connectivity index (χ0v) is 17.4. The van der Waals surface area contributed by atoms with Crippen molar-refractivity contribution >= 4 is 57.4 Å². The molecule has 0 unspecified atom stereocenters. The second-order valence-electron chi connectivity index (χ2n) is 6.28. The van der Waals surface area contributed by atoms with Crippen molar-refractivity contribution in [2.75, 3.05) is 51.4 Å². The second kappa shape index (κ2) is 9.85. The van der Waals surface area contributed by atoms with E-state index >= 15 is 0 Å². The molecular weight excluding hydrogens is 427 g/mol. The van der Waals surface area contributed by atoms with Gasteiger partial charge in [-0.05, 0) is 12.1 Å². The molecule has 3 rings (SSSR count). The van der Waals surface area contributed by atoms with E-state index in [1.54, 1.807) is 6.07 Å². The number of rotatable bonds is 6. The molecule has 28 heavy (non-hydrogen) atoms. The average molecular weight is 448 g/mol. The first kappa shape index (κ1) is 21.3. The zero-order chi connectivity index (χ0) is 20.0. The lowest BCUT2D eigenvalue weighted by atomic mass is 10.1. The Morgan fingerprint density at radius 1 is 1.11 bits per heavy atom. The van der Waals surface area contributed by atoms with Gasteiger partial charge in [-0.25, -0.2) is 4.79 Å². The Morgan fingerprint density at radius 2 is 1.82 bits per heavy atom. The van der Waals surface area contributed by atoms with Crippen LogP contribution in [0, 0.1) is 0 Å². The van der Waals surface area contributed by atoms with Gasteiger partial charge in [-0.3, -0.25) is 10.2 Å². The predicted molar refractivity (Wildman–Crippen MR) is 112 cm³/mol. The maximum Gasteiger partial charge on any atom is 0.411 e. The summed E-state index contributed by atoms with van der Waals surface area (Å²) in [5, 5.41) is 4.40. The average Bonchev–Trinajstić information content (AvgIpc) is 2.68. The van der Waals surface area contributed by atoms with Gasteiger partial charge in [0.05, 0.1) is 18.9 Å². The number of carbonyl (C=O) groups is 1. The van der Waals surface area contributed by atoms with Crippen molar-refractivity contribution in [2.45, 2.75) is 3.79 Å². The number of alkyl halides is 3. The standard InChI is InChI=1S/C19H21Cl3N2O4/c20-19(21,22)13-28-18(25)23-16-5-6-17(15-4-2-1-3-14(15)16)27-12-9-24-7-10-26-11-8-24/h1-6H,7-13H2,(H,23,25). The van der Waals surface area contributed by atoms with Crippen molar-refractivity contribution in [1.29, 1.82) is 0 Å². The summed E-state index contributed by atoms with van der Waals surface area (Å²) in [5.74, 6) is 0.754. The normalized spacial score (nSPS) is 15.4. The van der Waals surface area contributed by atoms with E-state index in [4.69, 9.17) is 49.0 Å². The molecule has 0 radical (unpaired) electrons. The summed E-state index contributed by atoms with van der Waals surface area (Å²) < 4.78 is 14.6. The van der Waals surface area contributed by atoms with Gasteiger partial charge in [-0.1, -0.05) is 59.1 Å². The van der Waals surface area contributed by atoms with Crippen molar-refractivity contribution in [3.05, 3.63) is 36.4 Å². The van der Waals surface area contributed by atoms with Crippen LogP contribution in [-0.4, -0.2) is 60.8 Å². The van der Waals surface area contributed by atoms with Gasteiger partial charge in [0.15, 0.2) is 0 Å².